The van der Waals surface area contributed by atoms with Crippen LogP contribution in [0.5, 0.6) is 0 Å². The van der Waals surface area contributed by atoms with Crippen LogP contribution in [0.3, 0.4) is 0 Å². The topological polar surface area (TPSA) is 250 Å². The van der Waals surface area contributed by atoms with Gasteiger partial charge in [0.15, 0.2) is 17.3 Å². The first-order valence-electron chi connectivity index (χ1n) is 34.7. The fourth-order valence-corrected chi connectivity index (χ4v) is 17.5. The molecule has 0 radical (unpaired) electrons. The molecule has 494 valence electrons. The normalized spacial score (nSPS) is 26.7. The second-order valence-electron chi connectivity index (χ2n) is 28.5. The van der Waals surface area contributed by atoms with Crippen LogP contribution in [-0.4, -0.2) is 162 Å². The van der Waals surface area contributed by atoms with E-state index >= 15 is 0 Å². The van der Waals surface area contributed by atoms with Crippen LogP contribution in [0.15, 0.2) is 91.0 Å². The minimum Gasteiger partial charge on any atom is -0.391 e. The molecule has 95 heavy (non-hydrogen) atoms. The van der Waals surface area contributed by atoms with E-state index in [1.165, 1.54) is 0 Å². The lowest BCUT2D eigenvalue weighted by molar-refractivity contribution is -0.0353. The van der Waals surface area contributed by atoms with Crippen molar-refractivity contribution in [2.75, 3.05) is 46.1 Å². The number of aryl methyl sites for hydroxylation is 1. The highest BCUT2D eigenvalue weighted by molar-refractivity contribution is 6.00. The first kappa shape index (κ1) is 65.8. The average molecular weight is 1280 g/mol. The van der Waals surface area contributed by atoms with E-state index in [1.807, 2.05) is 87.5 Å². The Labute approximate surface area is 557 Å². The maximum Gasteiger partial charge on any atom is 0.178 e. The van der Waals surface area contributed by atoms with E-state index in [0.717, 1.165) is 203 Å². The van der Waals surface area contributed by atoms with Crippen molar-refractivity contribution in [3.63, 3.8) is 0 Å². The van der Waals surface area contributed by atoms with E-state index in [1.54, 1.807) is 12.1 Å². The number of aliphatic hydroxyl groups is 3. The first-order valence-corrected chi connectivity index (χ1v) is 34.7. The van der Waals surface area contributed by atoms with Gasteiger partial charge in [-0.05, 0) is 233 Å². The maximum atomic E-state index is 13.4. The van der Waals surface area contributed by atoms with Crippen molar-refractivity contribution < 1.29 is 39.2 Å². The number of hydrogen-bond donors (Lipinski definition) is 3. The number of Topliss-reactive ketones (excluding diaryl/α,β-unsaturated/α-hetero) is 3. The Bertz CT molecular complexity index is 3970. The van der Waals surface area contributed by atoms with Gasteiger partial charge in [-0.1, -0.05) is 0 Å². The minimum absolute atomic E-state index is 0.102. The molecule has 3 N–H and O–H groups in total. The van der Waals surface area contributed by atoms with Crippen molar-refractivity contribution in [2.24, 2.45) is 23.7 Å². The number of nitrogens with zero attached hydrogens (tertiary/aromatic N) is 10. The highest BCUT2D eigenvalue weighted by Crippen LogP contribution is 2.42. The molecule has 8 saturated heterocycles. The van der Waals surface area contributed by atoms with E-state index in [-0.39, 0.29) is 59.7 Å². The largest absolute Gasteiger partial charge is 0.391 e. The fraction of sp³-hybridized carbons (Fsp3) is 0.519. The van der Waals surface area contributed by atoms with Crippen molar-refractivity contribution >= 4 is 17.3 Å². The number of ketones is 3. The van der Waals surface area contributed by atoms with E-state index in [2.05, 4.69) is 64.8 Å². The van der Waals surface area contributed by atoms with Gasteiger partial charge in [0.05, 0.1) is 92.1 Å². The SMILES string of the molecule is Cc1c(C(=O)CN2C3CCC2[C@@H](O)C3)cc(CC2CC(C#N)C2)n1-c1ccc(C#N)cc1.Cc1c(C(=O)CN2C3CCC2[C@@H](O)C3)cc(CC2CCOCC2)n1-c1ccc(C#N)cc1.Cc1c(C(=O)CN2C3CCC2[C@@H](O)C3)cc(CCC2COC2)n1-c1ccc(C#N)cc1. The molecule has 11 heterocycles. The summed E-state index contributed by atoms with van der Waals surface area (Å²) in [7, 11) is 0. The molecule has 9 aliphatic rings. The Balaban J connectivity index is 0.000000129. The predicted molar refractivity (Wildman–Crippen MR) is 356 cm³/mol. The molecule has 0 spiro atoms. The van der Waals surface area contributed by atoms with E-state index in [4.69, 9.17) is 30.5 Å². The number of fused-ring (bicyclic) bond motifs is 6. The Hall–Kier alpha value is -7.85. The van der Waals surface area contributed by atoms with Crippen LogP contribution in [0.25, 0.3) is 17.1 Å². The molecule has 8 aliphatic heterocycles. The van der Waals surface area contributed by atoms with Gasteiger partial charge < -0.3 is 38.5 Å². The molecule has 6 unspecified atom stereocenters. The molecule has 18 heteroatoms. The molecule has 9 fully saturated rings. The third-order valence-corrected chi connectivity index (χ3v) is 22.8. The molecule has 0 amide bonds. The number of aromatic nitrogens is 3. The molecule has 6 bridgehead atoms. The van der Waals surface area contributed by atoms with Crippen LogP contribution < -0.4 is 0 Å². The van der Waals surface area contributed by atoms with Crippen LogP contribution >= 0.6 is 0 Å². The summed E-state index contributed by atoms with van der Waals surface area (Å²) >= 11 is 0. The van der Waals surface area contributed by atoms with E-state index in [9.17, 15) is 29.7 Å². The van der Waals surface area contributed by atoms with Gasteiger partial charge in [-0.2, -0.15) is 21.0 Å². The number of nitriles is 4. The molecule has 18 nitrogen and oxygen atoms in total. The Morgan fingerprint density at radius 1 is 0.453 bits per heavy atom. The number of carbonyl (C=O) groups excluding carboxylic acids is 3. The van der Waals surface area contributed by atoms with Gasteiger partial charge in [0.25, 0.3) is 0 Å². The zero-order chi connectivity index (χ0) is 66.2. The highest BCUT2D eigenvalue weighted by atomic mass is 16.5. The highest BCUT2D eigenvalue weighted by Gasteiger charge is 2.49. The fourth-order valence-electron chi connectivity index (χ4n) is 17.5. The summed E-state index contributed by atoms with van der Waals surface area (Å²) in [5.74, 6) is 2.10. The van der Waals surface area contributed by atoms with Gasteiger partial charge in [-0.15, -0.1) is 0 Å². The molecule has 1 aliphatic carbocycles. The van der Waals surface area contributed by atoms with Crippen LogP contribution in [0.4, 0.5) is 0 Å². The molecule has 9 atom stereocenters. The lowest BCUT2D eigenvalue weighted by Gasteiger charge is -2.31. The predicted octanol–water partition coefficient (Wildman–Crippen LogP) is 9.95. The van der Waals surface area contributed by atoms with Crippen molar-refractivity contribution in [1.82, 2.24) is 28.4 Å². The lowest BCUT2D eigenvalue weighted by atomic mass is 9.73. The Kier molecular flexibility index (Phi) is 19.7. The Morgan fingerprint density at radius 2 is 0.811 bits per heavy atom. The van der Waals surface area contributed by atoms with Crippen LogP contribution in [-0.2, 0) is 28.7 Å². The standard InChI is InChI=1S/C26H28N4O2.C26H31N3O3.C25H29N3O3/c1-16-23(26(32)15-29-21-6-7-24(29)25(31)12-21)11-22(10-18-8-19(9-18)14-28)30(16)20-4-2-17(13-27)3-5-20;1-17-23(26(31)16-28-21-6-7-24(28)25(30)14-21)13-22(12-18-8-10-32-11-9-18)29(17)20-4-2-19(15-27)3-5-20;1-16-22(25(30)13-27-20-8-9-23(27)24(29)11-20)10-21(7-4-18-14-31-15-18)28(16)19-5-2-17(12-26)3-6-19/h2-5,11,18-19,21,24-25,31H,6-10,12,15H2,1H3;2-5,13,18,21,24-25,30H,6-12,14,16H2,1H3;2-3,5-6,10,18,20,23-24,29H,4,7-9,11,13-15H2,1H3/t18?,19?,21?,24?,25-;21?,24?,25-;20?,23?,24-/m000/s1. The van der Waals surface area contributed by atoms with Gasteiger partial charge in [0.2, 0.25) is 0 Å². The summed E-state index contributed by atoms with van der Waals surface area (Å²) in [6, 6.07) is 39.0. The summed E-state index contributed by atoms with van der Waals surface area (Å²) in [4.78, 5) is 46.8. The summed E-state index contributed by atoms with van der Waals surface area (Å²) in [6.07, 6.45) is 15.2. The third kappa shape index (κ3) is 13.6. The van der Waals surface area contributed by atoms with Crippen LogP contribution in [0, 0.1) is 89.8 Å². The zero-order valence-corrected chi connectivity index (χ0v) is 55.0. The number of hydrogen-bond acceptors (Lipinski definition) is 15. The lowest BCUT2D eigenvalue weighted by Crippen LogP contribution is -2.36. The van der Waals surface area contributed by atoms with E-state index in [0.29, 0.717) is 72.2 Å². The van der Waals surface area contributed by atoms with E-state index < -0.39 is 0 Å². The zero-order valence-electron chi connectivity index (χ0n) is 55.0. The third-order valence-electron chi connectivity index (χ3n) is 22.8. The smallest absolute Gasteiger partial charge is 0.178 e. The van der Waals surface area contributed by atoms with Crippen LogP contribution in [0.1, 0.15) is 172 Å². The van der Waals surface area contributed by atoms with Gasteiger partial charge in [-0.3, -0.25) is 29.1 Å². The quantitative estimate of drug-likeness (QED) is 0.0638. The maximum absolute atomic E-state index is 13.4. The van der Waals surface area contributed by atoms with Gasteiger partial charge >= 0.3 is 0 Å². The Morgan fingerprint density at radius 3 is 1.13 bits per heavy atom. The van der Waals surface area contributed by atoms with Crippen molar-refractivity contribution in [3.05, 3.63) is 159 Å². The monoisotopic (exact) mass is 1280 g/mol. The van der Waals surface area contributed by atoms with Crippen LogP contribution in [0.2, 0.25) is 0 Å². The second-order valence-corrected chi connectivity index (χ2v) is 28.5. The summed E-state index contributed by atoms with van der Waals surface area (Å²) in [5, 5.41) is 67.3. The number of aliphatic hydroxyl groups excluding tert-OH is 3. The average Bonchev–Trinajstić information content (AvgIpc) is 1.65. The van der Waals surface area contributed by atoms with Crippen molar-refractivity contribution in [2.45, 2.75) is 184 Å². The molecule has 3 aromatic heterocycles. The molecule has 3 aromatic carbocycles. The molecular formula is C77H88N10O8. The number of carbonyl (C=O) groups is 3. The number of rotatable bonds is 19. The molecular weight excluding hydrogens is 1190 g/mol. The van der Waals surface area contributed by atoms with Gasteiger partial charge in [0, 0.05) is 129 Å². The van der Waals surface area contributed by atoms with Gasteiger partial charge in [-0.25, -0.2) is 0 Å². The molecule has 1 saturated carbocycles. The molecule has 6 aromatic rings. The number of benzene rings is 3. The molecule has 15 rings (SSSR count). The second kappa shape index (κ2) is 28.5. The number of ether oxygens (including phenoxy) is 2. The van der Waals surface area contributed by atoms with Gasteiger partial charge in [0.1, 0.15) is 0 Å². The first-order chi connectivity index (χ1) is 46.1. The summed E-state index contributed by atoms with van der Waals surface area (Å²) < 4.78 is 17.4. The summed E-state index contributed by atoms with van der Waals surface area (Å²) in [5.41, 5.74) is 13.2. The minimum atomic E-state index is -0.312. The van der Waals surface area contributed by atoms with Crippen molar-refractivity contribution in [1.29, 1.82) is 21.0 Å². The summed E-state index contributed by atoms with van der Waals surface area (Å²) in [6.45, 7) is 10.4. The van der Waals surface area contributed by atoms with Crippen molar-refractivity contribution in [3.8, 4) is 41.3 Å².